The molecule has 1 heterocycles. The van der Waals surface area contributed by atoms with Gasteiger partial charge in [-0.1, -0.05) is 24.4 Å². The highest BCUT2D eigenvalue weighted by Crippen LogP contribution is 2.28. The number of ether oxygens (including phenoxy) is 1. The molecule has 1 aromatic heterocycles. The van der Waals surface area contributed by atoms with Crippen LogP contribution in [0.5, 0.6) is 0 Å². The van der Waals surface area contributed by atoms with Crippen LogP contribution in [0.25, 0.3) is 0 Å². The Balaban J connectivity index is 1.96. The standard InChI is InChI=1S/C11H19N3O2/c1-15-8-9-13-10(16-14-9)7-11(12)5-3-2-4-6-11/h2-8,12H2,1H3. The van der Waals surface area contributed by atoms with Gasteiger partial charge < -0.3 is 15.0 Å². The van der Waals surface area contributed by atoms with Gasteiger partial charge in [-0.25, -0.2) is 0 Å². The number of rotatable bonds is 4. The van der Waals surface area contributed by atoms with Gasteiger partial charge in [0, 0.05) is 19.1 Å². The van der Waals surface area contributed by atoms with E-state index in [9.17, 15) is 0 Å². The van der Waals surface area contributed by atoms with Crippen molar-refractivity contribution in [3.63, 3.8) is 0 Å². The quantitative estimate of drug-likeness (QED) is 0.838. The molecule has 0 amide bonds. The van der Waals surface area contributed by atoms with Gasteiger partial charge in [0.25, 0.3) is 0 Å². The zero-order valence-corrected chi connectivity index (χ0v) is 9.74. The molecule has 2 N–H and O–H groups in total. The lowest BCUT2D eigenvalue weighted by Gasteiger charge is -2.31. The largest absolute Gasteiger partial charge is 0.377 e. The highest BCUT2D eigenvalue weighted by molar-refractivity contribution is 4.97. The highest BCUT2D eigenvalue weighted by atomic mass is 16.5. The molecule has 0 unspecified atom stereocenters. The molecule has 2 rings (SSSR count). The minimum Gasteiger partial charge on any atom is -0.377 e. The van der Waals surface area contributed by atoms with E-state index in [4.69, 9.17) is 15.0 Å². The molecule has 0 atom stereocenters. The molecule has 0 aromatic carbocycles. The number of methoxy groups -OCH3 is 1. The normalized spacial score (nSPS) is 19.9. The number of nitrogens with two attached hydrogens (primary N) is 1. The topological polar surface area (TPSA) is 74.2 Å². The molecule has 90 valence electrons. The molecule has 0 spiro atoms. The zero-order chi connectivity index (χ0) is 11.4. The average molecular weight is 225 g/mol. The molecular formula is C11H19N3O2. The third-order valence-electron chi connectivity index (χ3n) is 3.14. The Morgan fingerprint density at radius 2 is 2.12 bits per heavy atom. The summed E-state index contributed by atoms with van der Waals surface area (Å²) in [7, 11) is 1.61. The van der Waals surface area contributed by atoms with E-state index in [0.29, 0.717) is 24.7 Å². The van der Waals surface area contributed by atoms with Gasteiger partial charge in [-0.2, -0.15) is 4.98 Å². The van der Waals surface area contributed by atoms with Crippen molar-refractivity contribution in [1.82, 2.24) is 10.1 Å². The smallest absolute Gasteiger partial charge is 0.228 e. The van der Waals surface area contributed by atoms with E-state index < -0.39 is 0 Å². The van der Waals surface area contributed by atoms with Gasteiger partial charge in [0.1, 0.15) is 6.61 Å². The highest BCUT2D eigenvalue weighted by Gasteiger charge is 2.29. The molecule has 1 fully saturated rings. The Morgan fingerprint density at radius 1 is 1.38 bits per heavy atom. The third kappa shape index (κ3) is 2.80. The monoisotopic (exact) mass is 225 g/mol. The number of aromatic nitrogens is 2. The summed E-state index contributed by atoms with van der Waals surface area (Å²) in [6.07, 6.45) is 6.48. The molecule has 1 aromatic rings. The van der Waals surface area contributed by atoms with E-state index in [1.54, 1.807) is 7.11 Å². The van der Waals surface area contributed by atoms with Gasteiger partial charge in [0.15, 0.2) is 5.82 Å². The maximum atomic E-state index is 6.32. The predicted octanol–water partition coefficient (Wildman–Crippen LogP) is 1.42. The van der Waals surface area contributed by atoms with Crippen LogP contribution in [0, 0.1) is 0 Å². The summed E-state index contributed by atoms with van der Waals surface area (Å²) in [5.41, 5.74) is 6.17. The van der Waals surface area contributed by atoms with E-state index in [1.165, 1.54) is 19.3 Å². The number of hydrogen-bond donors (Lipinski definition) is 1. The van der Waals surface area contributed by atoms with Crippen LogP contribution in [-0.4, -0.2) is 22.8 Å². The van der Waals surface area contributed by atoms with Gasteiger partial charge in [-0.3, -0.25) is 0 Å². The van der Waals surface area contributed by atoms with E-state index >= 15 is 0 Å². The molecule has 0 saturated heterocycles. The third-order valence-corrected chi connectivity index (χ3v) is 3.14. The van der Waals surface area contributed by atoms with Crippen LogP contribution in [0.2, 0.25) is 0 Å². The minimum atomic E-state index is -0.144. The van der Waals surface area contributed by atoms with Gasteiger partial charge in [-0.15, -0.1) is 0 Å². The molecule has 0 radical (unpaired) electrons. The molecule has 0 aliphatic heterocycles. The van der Waals surface area contributed by atoms with Crippen molar-refractivity contribution in [3.05, 3.63) is 11.7 Å². The summed E-state index contributed by atoms with van der Waals surface area (Å²) >= 11 is 0. The number of nitrogens with zero attached hydrogens (tertiary/aromatic N) is 2. The summed E-state index contributed by atoms with van der Waals surface area (Å²) in [6, 6.07) is 0. The van der Waals surface area contributed by atoms with Gasteiger partial charge in [0.05, 0.1) is 0 Å². The van der Waals surface area contributed by atoms with Crippen LogP contribution in [0.4, 0.5) is 0 Å². The Kier molecular flexibility index (Phi) is 3.56. The summed E-state index contributed by atoms with van der Waals surface area (Å²) < 4.78 is 10.1. The molecule has 0 bridgehead atoms. The van der Waals surface area contributed by atoms with Crippen molar-refractivity contribution in [2.75, 3.05) is 7.11 Å². The van der Waals surface area contributed by atoms with Crippen molar-refractivity contribution in [2.45, 2.75) is 50.7 Å². The first-order valence-electron chi connectivity index (χ1n) is 5.81. The average Bonchev–Trinajstić information content (AvgIpc) is 2.66. The lowest BCUT2D eigenvalue weighted by Crippen LogP contribution is -2.43. The predicted molar refractivity (Wildman–Crippen MR) is 58.7 cm³/mol. The van der Waals surface area contributed by atoms with E-state index in [0.717, 1.165) is 12.8 Å². The second-order valence-electron chi connectivity index (χ2n) is 4.64. The Bertz CT molecular complexity index is 332. The van der Waals surface area contributed by atoms with Crippen molar-refractivity contribution in [3.8, 4) is 0 Å². The van der Waals surface area contributed by atoms with E-state index in [1.807, 2.05) is 0 Å². The first kappa shape index (κ1) is 11.5. The second kappa shape index (κ2) is 4.93. The lowest BCUT2D eigenvalue weighted by molar-refractivity contribution is 0.174. The molecule has 1 saturated carbocycles. The zero-order valence-electron chi connectivity index (χ0n) is 9.74. The first-order valence-corrected chi connectivity index (χ1v) is 5.81. The van der Waals surface area contributed by atoms with Crippen molar-refractivity contribution in [2.24, 2.45) is 5.73 Å². The fourth-order valence-corrected chi connectivity index (χ4v) is 2.28. The molecule has 16 heavy (non-hydrogen) atoms. The molecule has 5 heteroatoms. The van der Waals surface area contributed by atoms with Crippen LogP contribution < -0.4 is 5.73 Å². The molecule has 1 aliphatic rings. The fourth-order valence-electron chi connectivity index (χ4n) is 2.28. The van der Waals surface area contributed by atoms with Gasteiger partial charge in [-0.05, 0) is 12.8 Å². The van der Waals surface area contributed by atoms with Crippen LogP contribution in [-0.2, 0) is 17.8 Å². The first-order chi connectivity index (χ1) is 7.72. The summed E-state index contributed by atoms with van der Waals surface area (Å²) in [5, 5.41) is 3.84. The fraction of sp³-hybridized carbons (Fsp3) is 0.818. The van der Waals surface area contributed by atoms with Crippen LogP contribution in [0.3, 0.4) is 0 Å². The van der Waals surface area contributed by atoms with Crippen molar-refractivity contribution < 1.29 is 9.26 Å². The van der Waals surface area contributed by atoms with Crippen LogP contribution in [0.1, 0.15) is 43.8 Å². The molecule has 1 aliphatic carbocycles. The maximum absolute atomic E-state index is 6.32. The molecular weight excluding hydrogens is 206 g/mol. The van der Waals surface area contributed by atoms with Crippen molar-refractivity contribution in [1.29, 1.82) is 0 Å². The maximum Gasteiger partial charge on any atom is 0.228 e. The van der Waals surface area contributed by atoms with E-state index in [-0.39, 0.29) is 5.54 Å². The summed E-state index contributed by atoms with van der Waals surface area (Å²) in [4.78, 5) is 4.26. The SMILES string of the molecule is COCc1noc(CC2(N)CCCCC2)n1. The molecule has 5 nitrogen and oxygen atoms in total. The number of hydrogen-bond acceptors (Lipinski definition) is 5. The Morgan fingerprint density at radius 3 is 2.81 bits per heavy atom. The minimum absolute atomic E-state index is 0.144. The van der Waals surface area contributed by atoms with Gasteiger partial charge >= 0.3 is 0 Å². The lowest BCUT2D eigenvalue weighted by atomic mass is 9.80. The van der Waals surface area contributed by atoms with Crippen molar-refractivity contribution >= 4 is 0 Å². The van der Waals surface area contributed by atoms with Gasteiger partial charge in [0.2, 0.25) is 5.89 Å². The summed E-state index contributed by atoms with van der Waals surface area (Å²) in [5.74, 6) is 1.23. The van der Waals surface area contributed by atoms with E-state index in [2.05, 4.69) is 10.1 Å². The Hall–Kier alpha value is -0.940. The van der Waals surface area contributed by atoms with Crippen LogP contribution in [0.15, 0.2) is 4.52 Å². The second-order valence-corrected chi connectivity index (χ2v) is 4.64. The summed E-state index contributed by atoms with van der Waals surface area (Å²) in [6.45, 7) is 0.390. The Labute approximate surface area is 95.3 Å². The van der Waals surface area contributed by atoms with Crippen LogP contribution >= 0.6 is 0 Å².